The third-order valence-corrected chi connectivity index (χ3v) is 4.33. The van der Waals surface area contributed by atoms with Gasteiger partial charge in [0.15, 0.2) is 0 Å². The van der Waals surface area contributed by atoms with Crippen molar-refractivity contribution in [1.82, 2.24) is 9.80 Å². The number of rotatable bonds is 4. The second-order valence-electron chi connectivity index (χ2n) is 5.79. The van der Waals surface area contributed by atoms with Crippen LogP contribution in [0.15, 0.2) is 48.5 Å². The van der Waals surface area contributed by atoms with Crippen LogP contribution in [-0.4, -0.2) is 60.1 Å². The topological polar surface area (TPSA) is 43.8 Å². The number of benzene rings is 2. The molecule has 1 amide bonds. The summed E-state index contributed by atoms with van der Waals surface area (Å²) in [5, 5.41) is 11.3. The van der Waals surface area contributed by atoms with Crippen molar-refractivity contribution in [2.45, 2.75) is 0 Å². The molecule has 0 bridgehead atoms. The third-order valence-electron chi connectivity index (χ3n) is 4.33. The van der Waals surface area contributed by atoms with E-state index in [1.807, 2.05) is 35.2 Å². The summed E-state index contributed by atoms with van der Waals surface area (Å²) in [6.45, 7) is 3.96. The molecule has 1 fully saturated rings. The van der Waals surface area contributed by atoms with Crippen LogP contribution < -0.4 is 0 Å². The number of β-amino-alcohol motifs (C(OH)–C–C–N with tert-alkyl or cyclic N) is 1. The molecule has 1 aliphatic rings. The lowest BCUT2D eigenvalue weighted by Crippen LogP contribution is -2.48. The molecule has 0 radical (unpaired) electrons. The summed E-state index contributed by atoms with van der Waals surface area (Å²) >= 11 is 0. The molecule has 2 aromatic carbocycles. The van der Waals surface area contributed by atoms with Crippen LogP contribution in [0.2, 0.25) is 0 Å². The standard InChI is InChI=1S/C19H22N2O2/c22-15-14-20-10-12-21(13-11-20)19(23)9-8-17-6-3-5-16-4-1-2-7-18(16)17/h1-9,22H,10-15H2. The van der Waals surface area contributed by atoms with Crippen molar-refractivity contribution in [3.63, 3.8) is 0 Å². The molecule has 120 valence electrons. The van der Waals surface area contributed by atoms with Crippen LogP contribution in [0.1, 0.15) is 5.56 Å². The number of aliphatic hydroxyl groups is 1. The summed E-state index contributed by atoms with van der Waals surface area (Å²) in [4.78, 5) is 16.4. The van der Waals surface area contributed by atoms with E-state index in [2.05, 4.69) is 23.1 Å². The maximum Gasteiger partial charge on any atom is 0.246 e. The fourth-order valence-electron chi connectivity index (χ4n) is 3.00. The molecule has 4 heteroatoms. The molecular formula is C19H22N2O2. The van der Waals surface area contributed by atoms with Crippen LogP contribution in [0.3, 0.4) is 0 Å². The van der Waals surface area contributed by atoms with Crippen molar-refractivity contribution in [3.8, 4) is 0 Å². The molecule has 4 nitrogen and oxygen atoms in total. The van der Waals surface area contributed by atoms with Gasteiger partial charge >= 0.3 is 0 Å². The van der Waals surface area contributed by atoms with Gasteiger partial charge in [0.25, 0.3) is 0 Å². The van der Waals surface area contributed by atoms with Gasteiger partial charge in [0.05, 0.1) is 6.61 Å². The van der Waals surface area contributed by atoms with Crippen LogP contribution >= 0.6 is 0 Å². The Balaban J connectivity index is 1.67. The average Bonchev–Trinajstić information content (AvgIpc) is 2.60. The van der Waals surface area contributed by atoms with E-state index in [0.29, 0.717) is 6.54 Å². The highest BCUT2D eigenvalue weighted by atomic mass is 16.3. The van der Waals surface area contributed by atoms with Gasteiger partial charge in [-0.3, -0.25) is 9.69 Å². The maximum absolute atomic E-state index is 12.3. The first kappa shape index (κ1) is 15.7. The molecule has 2 aromatic rings. The number of hydrogen-bond acceptors (Lipinski definition) is 3. The number of hydrogen-bond donors (Lipinski definition) is 1. The third kappa shape index (κ3) is 3.78. The number of piperazine rings is 1. The van der Waals surface area contributed by atoms with Crippen LogP contribution in [0.5, 0.6) is 0 Å². The number of amides is 1. The van der Waals surface area contributed by atoms with E-state index in [9.17, 15) is 4.79 Å². The smallest absolute Gasteiger partial charge is 0.246 e. The zero-order chi connectivity index (χ0) is 16.1. The van der Waals surface area contributed by atoms with Crippen LogP contribution in [0, 0.1) is 0 Å². The molecule has 0 aliphatic carbocycles. The SMILES string of the molecule is O=C(C=Cc1cccc2ccccc12)N1CCN(CCO)CC1. The zero-order valence-corrected chi connectivity index (χ0v) is 13.2. The summed E-state index contributed by atoms with van der Waals surface area (Å²) in [5.74, 6) is 0.0570. The highest BCUT2D eigenvalue weighted by Gasteiger charge is 2.18. The second-order valence-corrected chi connectivity index (χ2v) is 5.79. The Bertz CT molecular complexity index is 698. The zero-order valence-electron chi connectivity index (χ0n) is 13.2. The molecule has 0 spiro atoms. The summed E-state index contributed by atoms with van der Waals surface area (Å²) in [6.07, 6.45) is 3.58. The summed E-state index contributed by atoms with van der Waals surface area (Å²) in [6, 6.07) is 14.3. The van der Waals surface area contributed by atoms with E-state index in [1.54, 1.807) is 6.08 Å². The monoisotopic (exact) mass is 310 g/mol. The number of carbonyl (C=O) groups excluding carboxylic acids is 1. The summed E-state index contributed by atoms with van der Waals surface area (Å²) in [7, 11) is 0. The highest BCUT2D eigenvalue weighted by molar-refractivity contribution is 5.96. The lowest BCUT2D eigenvalue weighted by Gasteiger charge is -2.33. The Morgan fingerprint density at radius 3 is 2.57 bits per heavy atom. The van der Waals surface area contributed by atoms with E-state index in [-0.39, 0.29) is 12.5 Å². The van der Waals surface area contributed by atoms with Gasteiger partial charge in [-0.05, 0) is 22.4 Å². The molecule has 3 rings (SSSR count). The van der Waals surface area contributed by atoms with Crippen LogP contribution in [-0.2, 0) is 4.79 Å². The molecule has 1 heterocycles. The van der Waals surface area contributed by atoms with Gasteiger partial charge < -0.3 is 10.0 Å². The Labute approximate surface area is 136 Å². The maximum atomic E-state index is 12.3. The van der Waals surface area contributed by atoms with Crippen molar-refractivity contribution < 1.29 is 9.90 Å². The molecular weight excluding hydrogens is 288 g/mol. The normalized spacial score (nSPS) is 16.3. The number of fused-ring (bicyclic) bond motifs is 1. The fourth-order valence-corrected chi connectivity index (χ4v) is 3.00. The number of aliphatic hydroxyl groups excluding tert-OH is 1. The van der Waals surface area contributed by atoms with E-state index in [4.69, 9.17) is 5.11 Å². The predicted octanol–water partition coefficient (Wildman–Crippen LogP) is 1.99. The van der Waals surface area contributed by atoms with E-state index >= 15 is 0 Å². The lowest BCUT2D eigenvalue weighted by molar-refractivity contribution is -0.127. The molecule has 23 heavy (non-hydrogen) atoms. The van der Waals surface area contributed by atoms with Crippen molar-refractivity contribution >= 4 is 22.8 Å². The Hall–Kier alpha value is -2.17. The van der Waals surface area contributed by atoms with E-state index in [0.717, 1.165) is 37.1 Å². The van der Waals surface area contributed by atoms with Gasteiger partial charge in [-0.1, -0.05) is 42.5 Å². The van der Waals surface area contributed by atoms with Crippen molar-refractivity contribution in [1.29, 1.82) is 0 Å². The highest BCUT2D eigenvalue weighted by Crippen LogP contribution is 2.19. The predicted molar refractivity (Wildman–Crippen MR) is 93.1 cm³/mol. The van der Waals surface area contributed by atoms with Crippen LogP contribution in [0.4, 0.5) is 0 Å². The Kier molecular flexibility index (Phi) is 5.05. The van der Waals surface area contributed by atoms with Gasteiger partial charge in [0.1, 0.15) is 0 Å². The van der Waals surface area contributed by atoms with Gasteiger partial charge in [-0.25, -0.2) is 0 Å². The van der Waals surface area contributed by atoms with E-state index < -0.39 is 0 Å². The molecule has 0 aromatic heterocycles. The molecule has 1 N–H and O–H groups in total. The molecule has 0 atom stereocenters. The largest absolute Gasteiger partial charge is 0.395 e. The van der Waals surface area contributed by atoms with Gasteiger partial charge in [-0.15, -0.1) is 0 Å². The average molecular weight is 310 g/mol. The van der Waals surface area contributed by atoms with Crippen molar-refractivity contribution in [2.24, 2.45) is 0 Å². The minimum absolute atomic E-state index is 0.0570. The molecule has 1 aliphatic heterocycles. The van der Waals surface area contributed by atoms with Crippen molar-refractivity contribution in [3.05, 3.63) is 54.1 Å². The minimum atomic E-state index is 0.0570. The molecule has 0 saturated carbocycles. The first-order chi connectivity index (χ1) is 11.3. The van der Waals surface area contributed by atoms with Crippen LogP contribution in [0.25, 0.3) is 16.8 Å². The summed E-state index contributed by atoms with van der Waals surface area (Å²) < 4.78 is 0. The Morgan fingerprint density at radius 1 is 1.04 bits per heavy atom. The quantitative estimate of drug-likeness (QED) is 0.878. The lowest BCUT2D eigenvalue weighted by atomic mass is 10.0. The minimum Gasteiger partial charge on any atom is -0.395 e. The Morgan fingerprint density at radius 2 is 1.78 bits per heavy atom. The van der Waals surface area contributed by atoms with Gasteiger partial charge in [-0.2, -0.15) is 0 Å². The fraction of sp³-hybridized carbons (Fsp3) is 0.316. The first-order valence-corrected chi connectivity index (χ1v) is 8.06. The number of carbonyl (C=O) groups is 1. The first-order valence-electron chi connectivity index (χ1n) is 8.06. The number of nitrogens with zero attached hydrogens (tertiary/aromatic N) is 2. The second kappa shape index (κ2) is 7.40. The molecule has 0 unspecified atom stereocenters. The molecule has 1 saturated heterocycles. The van der Waals surface area contributed by atoms with Crippen molar-refractivity contribution in [2.75, 3.05) is 39.3 Å². The van der Waals surface area contributed by atoms with Gasteiger partial charge in [0.2, 0.25) is 5.91 Å². The summed E-state index contributed by atoms with van der Waals surface area (Å²) in [5.41, 5.74) is 1.07. The van der Waals surface area contributed by atoms with Gasteiger partial charge in [0, 0.05) is 38.8 Å². The van der Waals surface area contributed by atoms with E-state index in [1.165, 1.54) is 5.39 Å².